The molecule has 1 aliphatic heterocycles. The highest BCUT2D eigenvalue weighted by atomic mass is 32.1. The number of nitrogens with one attached hydrogen (secondary N) is 1. The molecule has 0 unspecified atom stereocenters. The number of carboxylic acid groups (broad SMARTS) is 1. The third-order valence-electron chi connectivity index (χ3n) is 6.83. The molecule has 0 saturated carbocycles. The van der Waals surface area contributed by atoms with Gasteiger partial charge in [0.05, 0.1) is 43.3 Å². The molecule has 11 nitrogen and oxygen atoms in total. The number of carbonyl (C=O) groups is 2. The molecule has 226 valence electrons. The number of nitrogens with zero attached hydrogens (tertiary/aromatic N) is 5. The van der Waals surface area contributed by atoms with Gasteiger partial charge >= 0.3 is 12.1 Å². The van der Waals surface area contributed by atoms with Crippen molar-refractivity contribution in [3.05, 3.63) is 46.7 Å². The number of halogens is 3. The van der Waals surface area contributed by atoms with Crippen LogP contribution in [-0.2, 0) is 22.3 Å². The van der Waals surface area contributed by atoms with Crippen LogP contribution in [0.3, 0.4) is 0 Å². The van der Waals surface area contributed by atoms with Crippen molar-refractivity contribution in [2.45, 2.75) is 25.6 Å². The van der Waals surface area contributed by atoms with Crippen molar-refractivity contribution in [2.24, 2.45) is 5.92 Å². The van der Waals surface area contributed by atoms with Crippen LogP contribution in [0.25, 0.3) is 11.3 Å². The Morgan fingerprint density at radius 2 is 1.93 bits per heavy atom. The summed E-state index contributed by atoms with van der Waals surface area (Å²) in [7, 11) is 4.59. The minimum absolute atomic E-state index is 0.0264. The van der Waals surface area contributed by atoms with Crippen LogP contribution in [-0.4, -0.2) is 84.3 Å². The Bertz CT molecular complexity index is 1390. The Morgan fingerprint density at radius 3 is 2.52 bits per heavy atom. The molecular formula is C27H31F3N6O5S. The summed E-state index contributed by atoms with van der Waals surface area (Å²) in [5, 5.41) is 12.1. The predicted octanol–water partition coefficient (Wildman–Crippen LogP) is 4.26. The normalized spacial score (nSPS) is 14.3. The summed E-state index contributed by atoms with van der Waals surface area (Å²) in [5.41, 5.74) is -0.370. The van der Waals surface area contributed by atoms with E-state index in [4.69, 9.17) is 9.47 Å². The summed E-state index contributed by atoms with van der Waals surface area (Å²) in [5.74, 6) is -1.54. The second kappa shape index (κ2) is 13.4. The van der Waals surface area contributed by atoms with Crippen LogP contribution in [0.15, 0.2) is 30.6 Å². The number of ether oxygens (including phenoxy) is 2. The van der Waals surface area contributed by atoms with Gasteiger partial charge in [0.1, 0.15) is 17.3 Å². The number of rotatable bonds is 11. The van der Waals surface area contributed by atoms with E-state index in [-0.39, 0.29) is 28.1 Å². The van der Waals surface area contributed by atoms with Gasteiger partial charge in [0.25, 0.3) is 5.91 Å². The third kappa shape index (κ3) is 7.52. The first-order chi connectivity index (χ1) is 20.0. The van der Waals surface area contributed by atoms with E-state index < -0.39 is 23.6 Å². The van der Waals surface area contributed by atoms with Gasteiger partial charge in [-0.1, -0.05) is 11.3 Å². The van der Waals surface area contributed by atoms with Crippen molar-refractivity contribution < 1.29 is 37.3 Å². The fourth-order valence-corrected chi connectivity index (χ4v) is 5.56. The van der Waals surface area contributed by atoms with Crippen LogP contribution in [0, 0.1) is 5.92 Å². The molecule has 4 rings (SSSR count). The van der Waals surface area contributed by atoms with Crippen molar-refractivity contribution in [2.75, 3.05) is 57.7 Å². The van der Waals surface area contributed by atoms with Gasteiger partial charge < -0.3 is 19.5 Å². The number of methoxy groups -OCH3 is 2. The fourth-order valence-electron chi connectivity index (χ4n) is 4.50. The largest absolute Gasteiger partial charge is 0.496 e. The maximum absolute atomic E-state index is 13.7. The average molecular weight is 609 g/mol. The van der Waals surface area contributed by atoms with Crippen molar-refractivity contribution >= 4 is 34.2 Å². The number of benzene rings is 1. The van der Waals surface area contributed by atoms with Crippen LogP contribution in [0.2, 0.25) is 0 Å². The molecule has 0 bridgehead atoms. The Labute approximate surface area is 244 Å². The van der Waals surface area contributed by atoms with E-state index in [1.807, 2.05) is 16.8 Å². The molecule has 2 N–H and O–H groups in total. The molecule has 0 aliphatic carbocycles. The SMILES string of the molecule is COCCN(C)Cc1sc(NC(=O)c2cnc(N3CCC(C(=O)O)CC3)cn2)nc1-c1ccc(OC)c(C(F)(F)F)c1. The molecule has 3 heterocycles. The molecule has 2 aromatic heterocycles. The first kappa shape index (κ1) is 31.1. The second-order valence-electron chi connectivity index (χ2n) is 9.75. The predicted molar refractivity (Wildman–Crippen MR) is 150 cm³/mol. The van der Waals surface area contributed by atoms with Crippen molar-refractivity contribution in [3.8, 4) is 17.0 Å². The lowest BCUT2D eigenvalue weighted by Gasteiger charge is -2.30. The lowest BCUT2D eigenvalue weighted by Crippen LogP contribution is -2.36. The Hall–Kier alpha value is -3.82. The van der Waals surface area contributed by atoms with E-state index in [9.17, 15) is 27.9 Å². The van der Waals surface area contributed by atoms with E-state index in [0.717, 1.165) is 17.4 Å². The van der Waals surface area contributed by atoms with E-state index in [1.54, 1.807) is 7.11 Å². The minimum Gasteiger partial charge on any atom is -0.496 e. The highest BCUT2D eigenvalue weighted by Crippen LogP contribution is 2.40. The van der Waals surface area contributed by atoms with Gasteiger partial charge in [-0.2, -0.15) is 13.2 Å². The molecule has 1 saturated heterocycles. The van der Waals surface area contributed by atoms with Gasteiger partial charge in [-0.3, -0.25) is 19.8 Å². The molecule has 0 spiro atoms. The molecule has 1 aromatic carbocycles. The second-order valence-corrected chi connectivity index (χ2v) is 10.8. The molecule has 1 fully saturated rings. The summed E-state index contributed by atoms with van der Waals surface area (Å²) in [4.78, 5) is 41.7. The maximum atomic E-state index is 13.7. The van der Waals surface area contributed by atoms with Crippen LogP contribution < -0.4 is 15.0 Å². The number of carbonyl (C=O) groups excluding carboxylic acids is 1. The number of anilines is 2. The highest BCUT2D eigenvalue weighted by Gasteiger charge is 2.35. The van der Waals surface area contributed by atoms with Crippen LogP contribution in [0.1, 0.15) is 33.8 Å². The highest BCUT2D eigenvalue weighted by molar-refractivity contribution is 7.16. The first-order valence-corrected chi connectivity index (χ1v) is 13.9. The van der Waals surface area contributed by atoms with E-state index >= 15 is 0 Å². The molecule has 0 radical (unpaired) electrons. The average Bonchev–Trinajstić information content (AvgIpc) is 3.36. The van der Waals surface area contributed by atoms with Crippen molar-refractivity contribution in [3.63, 3.8) is 0 Å². The summed E-state index contributed by atoms with van der Waals surface area (Å²) in [6.45, 7) is 2.42. The molecule has 1 amide bonds. The fraction of sp³-hybridized carbons (Fsp3) is 0.444. The van der Waals surface area contributed by atoms with Gasteiger partial charge in [-0.15, -0.1) is 0 Å². The molecule has 3 aromatic rings. The third-order valence-corrected chi connectivity index (χ3v) is 7.78. The number of thiazole rings is 1. The zero-order valence-corrected chi connectivity index (χ0v) is 24.1. The maximum Gasteiger partial charge on any atom is 0.419 e. The monoisotopic (exact) mass is 608 g/mol. The molecule has 0 atom stereocenters. The number of alkyl halides is 3. The number of amides is 1. The number of aliphatic carboxylic acids is 1. The summed E-state index contributed by atoms with van der Waals surface area (Å²) in [6, 6.07) is 3.73. The Kier molecular flexibility index (Phi) is 9.96. The molecular weight excluding hydrogens is 577 g/mol. The summed E-state index contributed by atoms with van der Waals surface area (Å²) >= 11 is 1.15. The van der Waals surface area contributed by atoms with E-state index in [2.05, 4.69) is 20.3 Å². The van der Waals surface area contributed by atoms with Gasteiger partial charge in [0.15, 0.2) is 5.13 Å². The smallest absolute Gasteiger partial charge is 0.419 e. The quantitative estimate of drug-likeness (QED) is 0.326. The van der Waals surface area contributed by atoms with Crippen LogP contribution >= 0.6 is 11.3 Å². The number of carboxylic acids is 1. The minimum atomic E-state index is -4.64. The number of piperidine rings is 1. The lowest BCUT2D eigenvalue weighted by molar-refractivity contribution is -0.142. The van der Waals surface area contributed by atoms with Gasteiger partial charge in [-0.25, -0.2) is 15.0 Å². The number of hydrogen-bond donors (Lipinski definition) is 2. The zero-order valence-electron chi connectivity index (χ0n) is 23.3. The number of likely N-dealkylation sites (N-methyl/N-ethyl adjacent to an activating group) is 1. The van der Waals surface area contributed by atoms with Gasteiger partial charge in [0.2, 0.25) is 0 Å². The Balaban J connectivity index is 1.55. The standard InChI is InChI=1S/C27H31F3N6O5S/c1-35(10-11-40-2)15-21-23(17-4-5-20(41-3)18(12-17)27(28,29)30)33-26(42-21)34-24(37)19-13-32-22(14-31-19)36-8-6-16(7-9-36)25(38)39/h4-5,12-14,16H,6-11,15H2,1-3H3,(H,38,39)(H,33,34,37). The van der Waals surface area contributed by atoms with Gasteiger partial charge in [-0.05, 0) is 38.1 Å². The van der Waals surface area contributed by atoms with E-state index in [1.165, 1.54) is 31.6 Å². The molecule has 1 aliphatic rings. The van der Waals surface area contributed by atoms with Crippen LogP contribution in [0.4, 0.5) is 24.1 Å². The zero-order chi connectivity index (χ0) is 30.4. The molecule has 42 heavy (non-hydrogen) atoms. The molecule has 15 heteroatoms. The summed E-state index contributed by atoms with van der Waals surface area (Å²) < 4.78 is 51.2. The number of hydrogen-bond acceptors (Lipinski definition) is 10. The van der Waals surface area contributed by atoms with Crippen molar-refractivity contribution in [1.82, 2.24) is 19.9 Å². The summed E-state index contributed by atoms with van der Waals surface area (Å²) in [6.07, 6.45) is -0.877. The Morgan fingerprint density at radius 1 is 1.19 bits per heavy atom. The van der Waals surface area contributed by atoms with Crippen LogP contribution in [0.5, 0.6) is 5.75 Å². The van der Waals surface area contributed by atoms with Crippen molar-refractivity contribution in [1.29, 1.82) is 0 Å². The topological polar surface area (TPSA) is 130 Å². The van der Waals surface area contributed by atoms with E-state index in [0.29, 0.717) is 62.0 Å². The lowest BCUT2D eigenvalue weighted by atomic mass is 9.97. The number of aromatic nitrogens is 3. The first-order valence-electron chi connectivity index (χ1n) is 13.0. The van der Waals surface area contributed by atoms with Gasteiger partial charge in [0, 0.05) is 43.7 Å².